The molecule has 10 heteroatoms. The summed E-state index contributed by atoms with van der Waals surface area (Å²) in [6.07, 6.45) is 0.644. The number of amides is 2. The zero-order valence-corrected chi connectivity index (χ0v) is 18.5. The van der Waals surface area contributed by atoms with Crippen LogP contribution in [0.15, 0.2) is 36.4 Å². The Hall–Kier alpha value is -3.95. The molecule has 8 nitrogen and oxygen atoms in total. The molecule has 0 radical (unpaired) electrons. The highest BCUT2D eigenvalue weighted by Crippen LogP contribution is 2.32. The van der Waals surface area contributed by atoms with Crippen molar-refractivity contribution in [2.75, 3.05) is 12.8 Å². The molecule has 33 heavy (non-hydrogen) atoms. The number of nitrogens with two attached hydrogens (primary N) is 2. The standard InChI is InChI=1S/C23H25F2N5O3/c1-4-12(2)30-21(26)19(22(27)31)20(29-30)15-10-16(24)13(9-17(15)25)11-28-23(32)14-7-5-6-8-18(14)33-3/h5-10,12H,4,11,26H2,1-3H3,(H2,27,31)(H,28,32). The second-order valence-corrected chi connectivity index (χ2v) is 7.48. The van der Waals surface area contributed by atoms with Gasteiger partial charge in [0.1, 0.15) is 34.5 Å². The average Bonchev–Trinajstić information content (AvgIpc) is 3.15. The molecule has 0 aliphatic carbocycles. The van der Waals surface area contributed by atoms with Gasteiger partial charge < -0.3 is 21.5 Å². The molecule has 0 bridgehead atoms. The quantitative estimate of drug-likeness (QED) is 0.478. The first kappa shape index (κ1) is 23.7. The van der Waals surface area contributed by atoms with Gasteiger partial charge in [-0.2, -0.15) is 5.10 Å². The molecule has 1 heterocycles. The summed E-state index contributed by atoms with van der Waals surface area (Å²) < 4.78 is 36.4. The van der Waals surface area contributed by atoms with Crippen molar-refractivity contribution in [3.8, 4) is 17.0 Å². The summed E-state index contributed by atoms with van der Waals surface area (Å²) in [5.41, 5.74) is 11.1. The fraction of sp³-hybridized carbons (Fsp3) is 0.261. The summed E-state index contributed by atoms with van der Waals surface area (Å²) in [5, 5.41) is 6.78. The number of primary amides is 1. The predicted molar refractivity (Wildman–Crippen MR) is 120 cm³/mol. The van der Waals surface area contributed by atoms with Crippen molar-refractivity contribution in [1.29, 1.82) is 0 Å². The van der Waals surface area contributed by atoms with Crippen LogP contribution in [-0.4, -0.2) is 28.7 Å². The lowest BCUT2D eigenvalue weighted by molar-refractivity contribution is 0.0946. The maximum atomic E-state index is 15.0. The second-order valence-electron chi connectivity index (χ2n) is 7.48. The van der Waals surface area contributed by atoms with Crippen LogP contribution in [0.3, 0.4) is 0 Å². The van der Waals surface area contributed by atoms with Crippen LogP contribution in [0.2, 0.25) is 0 Å². The van der Waals surface area contributed by atoms with Gasteiger partial charge in [-0.1, -0.05) is 19.1 Å². The summed E-state index contributed by atoms with van der Waals surface area (Å²) in [4.78, 5) is 24.4. The number of nitrogens with one attached hydrogen (secondary N) is 1. The maximum absolute atomic E-state index is 15.0. The Kier molecular flexibility index (Phi) is 6.95. The molecule has 174 valence electrons. The molecule has 2 aromatic carbocycles. The Morgan fingerprint density at radius 2 is 1.91 bits per heavy atom. The van der Waals surface area contributed by atoms with E-state index in [1.165, 1.54) is 11.8 Å². The summed E-state index contributed by atoms with van der Waals surface area (Å²) >= 11 is 0. The van der Waals surface area contributed by atoms with Gasteiger partial charge in [0.25, 0.3) is 11.8 Å². The minimum Gasteiger partial charge on any atom is -0.496 e. The van der Waals surface area contributed by atoms with E-state index in [9.17, 15) is 14.0 Å². The Morgan fingerprint density at radius 1 is 1.21 bits per heavy atom. The molecule has 5 N–H and O–H groups in total. The molecular weight excluding hydrogens is 432 g/mol. The Morgan fingerprint density at radius 3 is 2.55 bits per heavy atom. The van der Waals surface area contributed by atoms with Gasteiger partial charge in [0.2, 0.25) is 0 Å². The fourth-order valence-corrected chi connectivity index (χ4v) is 3.40. The Bertz CT molecular complexity index is 1210. The van der Waals surface area contributed by atoms with Crippen molar-refractivity contribution >= 4 is 17.6 Å². The van der Waals surface area contributed by atoms with E-state index in [-0.39, 0.29) is 46.4 Å². The van der Waals surface area contributed by atoms with Crippen LogP contribution in [0.4, 0.5) is 14.6 Å². The number of rotatable bonds is 8. The van der Waals surface area contributed by atoms with Gasteiger partial charge in [-0.3, -0.25) is 9.59 Å². The third-order valence-corrected chi connectivity index (χ3v) is 5.38. The van der Waals surface area contributed by atoms with Gasteiger partial charge >= 0.3 is 0 Å². The van der Waals surface area contributed by atoms with Crippen molar-refractivity contribution in [1.82, 2.24) is 15.1 Å². The monoisotopic (exact) mass is 457 g/mol. The molecule has 0 spiro atoms. The number of ether oxygens (including phenoxy) is 1. The molecule has 1 atom stereocenters. The van der Waals surface area contributed by atoms with Gasteiger partial charge in [-0.15, -0.1) is 0 Å². The van der Waals surface area contributed by atoms with Crippen LogP contribution in [0.1, 0.15) is 52.6 Å². The van der Waals surface area contributed by atoms with Crippen LogP contribution in [0, 0.1) is 11.6 Å². The smallest absolute Gasteiger partial charge is 0.255 e. The van der Waals surface area contributed by atoms with Gasteiger partial charge in [-0.25, -0.2) is 13.5 Å². The second kappa shape index (κ2) is 9.68. The molecule has 2 amide bonds. The zero-order chi connectivity index (χ0) is 24.3. The first-order valence-corrected chi connectivity index (χ1v) is 10.3. The number of nitrogen functional groups attached to an aromatic ring is 1. The van der Waals surface area contributed by atoms with Crippen LogP contribution < -0.4 is 21.5 Å². The molecule has 0 aliphatic heterocycles. The van der Waals surface area contributed by atoms with Gasteiger partial charge in [0.15, 0.2) is 0 Å². The summed E-state index contributed by atoms with van der Waals surface area (Å²) in [6, 6.07) is 8.20. The molecule has 0 aliphatic rings. The number of nitrogens with zero attached hydrogens (tertiary/aromatic N) is 2. The first-order chi connectivity index (χ1) is 15.7. The van der Waals surface area contributed by atoms with Gasteiger partial charge in [0, 0.05) is 17.7 Å². The van der Waals surface area contributed by atoms with Crippen molar-refractivity contribution < 1.29 is 23.1 Å². The molecular formula is C23H25F2N5O3. The van der Waals surface area contributed by atoms with E-state index in [2.05, 4.69) is 10.4 Å². The van der Waals surface area contributed by atoms with Crippen molar-refractivity contribution in [3.63, 3.8) is 0 Å². The SMILES string of the molecule is CCC(C)n1nc(-c2cc(F)c(CNC(=O)c3ccccc3OC)cc2F)c(C(N)=O)c1N. The predicted octanol–water partition coefficient (Wildman–Crippen LogP) is 3.42. The van der Waals surface area contributed by atoms with Crippen molar-refractivity contribution in [2.45, 2.75) is 32.9 Å². The number of carbonyl (C=O) groups is 2. The largest absolute Gasteiger partial charge is 0.496 e. The number of carbonyl (C=O) groups excluding carboxylic acids is 2. The van der Waals surface area contributed by atoms with E-state index >= 15 is 4.39 Å². The summed E-state index contributed by atoms with van der Waals surface area (Å²) in [5.74, 6) is -2.70. The number of aromatic nitrogens is 2. The fourth-order valence-electron chi connectivity index (χ4n) is 3.40. The van der Waals surface area contributed by atoms with E-state index in [1.54, 1.807) is 24.3 Å². The van der Waals surface area contributed by atoms with Crippen molar-refractivity contribution in [2.24, 2.45) is 5.73 Å². The number of halogens is 2. The zero-order valence-electron chi connectivity index (χ0n) is 18.5. The van der Waals surface area contributed by atoms with Crippen LogP contribution in [0.25, 0.3) is 11.3 Å². The highest BCUT2D eigenvalue weighted by molar-refractivity contribution is 6.03. The Balaban J connectivity index is 1.93. The lowest BCUT2D eigenvalue weighted by Crippen LogP contribution is -2.24. The average molecular weight is 457 g/mol. The van der Waals surface area contributed by atoms with E-state index in [0.29, 0.717) is 12.2 Å². The van der Waals surface area contributed by atoms with Crippen LogP contribution >= 0.6 is 0 Å². The molecule has 3 rings (SSSR count). The normalized spacial score (nSPS) is 11.8. The van der Waals surface area contributed by atoms with E-state index in [4.69, 9.17) is 16.2 Å². The first-order valence-electron chi connectivity index (χ1n) is 10.3. The Labute approximate surface area is 189 Å². The highest BCUT2D eigenvalue weighted by atomic mass is 19.1. The maximum Gasteiger partial charge on any atom is 0.255 e. The lowest BCUT2D eigenvalue weighted by Gasteiger charge is -2.11. The lowest BCUT2D eigenvalue weighted by atomic mass is 10.0. The molecule has 0 fully saturated rings. The minimum absolute atomic E-state index is 0.0141. The van der Waals surface area contributed by atoms with Crippen molar-refractivity contribution in [3.05, 3.63) is 64.7 Å². The van der Waals surface area contributed by atoms with E-state index in [1.807, 2.05) is 13.8 Å². The molecule has 1 unspecified atom stereocenters. The third kappa shape index (κ3) is 4.64. The number of hydrogen-bond acceptors (Lipinski definition) is 5. The minimum atomic E-state index is -0.898. The molecule has 3 aromatic rings. The van der Waals surface area contributed by atoms with Crippen LogP contribution in [0.5, 0.6) is 5.75 Å². The number of hydrogen-bond donors (Lipinski definition) is 3. The number of anilines is 1. The number of benzene rings is 2. The number of methoxy groups -OCH3 is 1. The van der Waals surface area contributed by atoms with E-state index < -0.39 is 23.4 Å². The topological polar surface area (TPSA) is 125 Å². The van der Waals surface area contributed by atoms with E-state index in [0.717, 1.165) is 12.1 Å². The molecule has 0 saturated heterocycles. The highest BCUT2D eigenvalue weighted by Gasteiger charge is 2.26. The molecule has 0 saturated carbocycles. The summed E-state index contributed by atoms with van der Waals surface area (Å²) in [6.45, 7) is 3.44. The third-order valence-electron chi connectivity index (χ3n) is 5.38. The molecule has 1 aromatic heterocycles. The summed E-state index contributed by atoms with van der Waals surface area (Å²) in [7, 11) is 1.43. The van der Waals surface area contributed by atoms with Gasteiger partial charge in [-0.05, 0) is 37.6 Å². The van der Waals surface area contributed by atoms with Crippen LogP contribution in [-0.2, 0) is 6.54 Å². The van der Waals surface area contributed by atoms with Gasteiger partial charge in [0.05, 0.1) is 18.7 Å². The number of para-hydroxylation sites is 1.